The number of aromatic nitrogens is 2. The van der Waals surface area contributed by atoms with E-state index in [0.717, 1.165) is 17.7 Å². The minimum Gasteiger partial charge on any atom is -0.331 e. The van der Waals surface area contributed by atoms with Gasteiger partial charge in [-0.25, -0.2) is 4.98 Å². The van der Waals surface area contributed by atoms with Crippen molar-refractivity contribution in [3.05, 3.63) is 69.6 Å². The van der Waals surface area contributed by atoms with Crippen molar-refractivity contribution < 1.29 is 4.79 Å². The molecule has 0 atom stereocenters. The summed E-state index contributed by atoms with van der Waals surface area (Å²) < 4.78 is 1.88. The highest BCUT2D eigenvalue weighted by atomic mass is 16.2. The Bertz CT molecular complexity index is 1010. The van der Waals surface area contributed by atoms with Gasteiger partial charge in [0.05, 0.1) is 5.39 Å². The van der Waals surface area contributed by atoms with Crippen molar-refractivity contribution in [2.75, 3.05) is 5.32 Å². The molecule has 5 heteroatoms. The summed E-state index contributed by atoms with van der Waals surface area (Å²) in [6.45, 7) is 6.58. The number of rotatable bonds is 4. The highest BCUT2D eigenvalue weighted by molar-refractivity contribution is 6.05. The molecule has 25 heavy (non-hydrogen) atoms. The molecule has 0 spiro atoms. The monoisotopic (exact) mass is 335 g/mol. The molecule has 0 aliphatic rings. The van der Waals surface area contributed by atoms with E-state index in [1.807, 2.05) is 43.5 Å². The van der Waals surface area contributed by atoms with E-state index >= 15 is 0 Å². The van der Waals surface area contributed by atoms with Gasteiger partial charge in [-0.2, -0.15) is 0 Å². The zero-order valence-electron chi connectivity index (χ0n) is 14.7. The molecule has 0 saturated carbocycles. The number of nitrogens with one attached hydrogen (secondary N) is 1. The molecule has 3 rings (SSSR count). The zero-order valence-corrected chi connectivity index (χ0v) is 14.7. The second-order valence-corrected chi connectivity index (χ2v) is 6.21. The van der Waals surface area contributed by atoms with Crippen LogP contribution in [0, 0.1) is 13.8 Å². The van der Waals surface area contributed by atoms with Crippen molar-refractivity contribution in [1.82, 2.24) is 9.55 Å². The fourth-order valence-corrected chi connectivity index (χ4v) is 2.85. The lowest BCUT2D eigenvalue weighted by atomic mass is 10.1. The van der Waals surface area contributed by atoms with Crippen molar-refractivity contribution in [2.24, 2.45) is 0 Å². The molecule has 0 bridgehead atoms. The van der Waals surface area contributed by atoms with Gasteiger partial charge in [0.25, 0.3) is 5.91 Å². The van der Waals surface area contributed by atoms with Crippen LogP contribution in [0.15, 0.2) is 47.4 Å². The molecule has 2 aromatic heterocycles. The number of fused-ring (bicyclic) bond motifs is 1. The first-order chi connectivity index (χ1) is 12.0. The Morgan fingerprint density at radius 1 is 1.20 bits per heavy atom. The van der Waals surface area contributed by atoms with Crippen molar-refractivity contribution in [1.29, 1.82) is 0 Å². The van der Waals surface area contributed by atoms with E-state index in [1.54, 1.807) is 24.4 Å². The van der Waals surface area contributed by atoms with Gasteiger partial charge >= 0.3 is 0 Å². The summed E-state index contributed by atoms with van der Waals surface area (Å²) >= 11 is 0. The van der Waals surface area contributed by atoms with Gasteiger partial charge in [-0.05, 0) is 50.1 Å². The summed E-state index contributed by atoms with van der Waals surface area (Å²) in [5.74, 6) is -0.400. The van der Waals surface area contributed by atoms with Crippen molar-refractivity contribution in [3.8, 4) is 0 Å². The first-order valence-electron chi connectivity index (χ1n) is 8.38. The Labute approximate surface area is 146 Å². The van der Waals surface area contributed by atoms with Gasteiger partial charge in [0.1, 0.15) is 11.2 Å². The Balaban J connectivity index is 2.09. The molecule has 0 unspecified atom stereocenters. The number of nitrogens with zero attached hydrogens (tertiary/aromatic N) is 2. The lowest BCUT2D eigenvalue weighted by Gasteiger charge is -2.12. The van der Waals surface area contributed by atoms with E-state index in [4.69, 9.17) is 0 Å². The maximum absolute atomic E-state index is 12.8. The van der Waals surface area contributed by atoms with E-state index in [-0.39, 0.29) is 11.0 Å². The van der Waals surface area contributed by atoms with Gasteiger partial charge in [-0.1, -0.05) is 19.1 Å². The molecular formula is C20H21N3O2. The van der Waals surface area contributed by atoms with Gasteiger partial charge in [0.2, 0.25) is 5.43 Å². The minimum absolute atomic E-state index is 0.133. The molecule has 0 saturated heterocycles. The zero-order chi connectivity index (χ0) is 18.0. The van der Waals surface area contributed by atoms with Crippen LogP contribution in [0.5, 0.6) is 0 Å². The Morgan fingerprint density at radius 2 is 2.00 bits per heavy atom. The average molecular weight is 335 g/mol. The van der Waals surface area contributed by atoms with E-state index in [2.05, 4.69) is 10.3 Å². The molecule has 2 heterocycles. The SMILES string of the molecule is CCCn1cc(C(=O)Nc2cccc(C)c2)c(=O)c2ccc(C)nc21. The molecule has 3 aromatic rings. The largest absolute Gasteiger partial charge is 0.331 e. The number of hydrogen-bond acceptors (Lipinski definition) is 3. The number of aryl methyl sites for hydroxylation is 3. The lowest BCUT2D eigenvalue weighted by molar-refractivity contribution is 0.102. The van der Waals surface area contributed by atoms with Crippen LogP contribution in [-0.2, 0) is 6.54 Å². The molecule has 0 fully saturated rings. The van der Waals surface area contributed by atoms with E-state index in [0.29, 0.717) is 23.3 Å². The van der Waals surface area contributed by atoms with Crippen LogP contribution in [0.4, 0.5) is 5.69 Å². The van der Waals surface area contributed by atoms with Crippen LogP contribution < -0.4 is 10.7 Å². The van der Waals surface area contributed by atoms with Crippen LogP contribution in [0.3, 0.4) is 0 Å². The van der Waals surface area contributed by atoms with E-state index < -0.39 is 5.91 Å². The predicted molar refractivity (Wildman–Crippen MR) is 100 cm³/mol. The summed E-state index contributed by atoms with van der Waals surface area (Å²) in [6, 6.07) is 11.0. The Hall–Kier alpha value is -2.95. The van der Waals surface area contributed by atoms with Crippen molar-refractivity contribution in [3.63, 3.8) is 0 Å². The molecule has 1 amide bonds. The lowest BCUT2D eigenvalue weighted by Crippen LogP contribution is -2.24. The summed E-state index contributed by atoms with van der Waals surface area (Å²) in [5.41, 5.74) is 3.02. The van der Waals surface area contributed by atoms with Crippen LogP contribution in [0.25, 0.3) is 11.0 Å². The molecule has 0 radical (unpaired) electrons. The van der Waals surface area contributed by atoms with Crippen LogP contribution in [0.2, 0.25) is 0 Å². The number of carbonyl (C=O) groups is 1. The summed E-state index contributed by atoms with van der Waals surface area (Å²) in [7, 11) is 0. The van der Waals surface area contributed by atoms with Crippen molar-refractivity contribution >= 4 is 22.6 Å². The number of hydrogen-bond donors (Lipinski definition) is 1. The number of benzene rings is 1. The van der Waals surface area contributed by atoms with Gasteiger partial charge in [0, 0.05) is 24.1 Å². The molecule has 1 N–H and O–H groups in total. The average Bonchev–Trinajstić information content (AvgIpc) is 2.57. The van der Waals surface area contributed by atoms with Gasteiger partial charge in [-0.15, -0.1) is 0 Å². The Kier molecular flexibility index (Phi) is 4.65. The maximum Gasteiger partial charge on any atom is 0.261 e. The maximum atomic E-state index is 12.8. The van der Waals surface area contributed by atoms with Gasteiger partial charge in [0.15, 0.2) is 0 Å². The fourth-order valence-electron chi connectivity index (χ4n) is 2.85. The fraction of sp³-hybridized carbons (Fsp3) is 0.250. The smallest absolute Gasteiger partial charge is 0.261 e. The second-order valence-electron chi connectivity index (χ2n) is 6.21. The Morgan fingerprint density at radius 3 is 2.72 bits per heavy atom. The first kappa shape index (κ1) is 16.9. The third-order valence-electron chi connectivity index (χ3n) is 4.05. The molecule has 0 aliphatic heterocycles. The molecule has 5 nitrogen and oxygen atoms in total. The van der Waals surface area contributed by atoms with E-state index in [1.165, 1.54) is 0 Å². The minimum atomic E-state index is -0.400. The first-order valence-corrected chi connectivity index (χ1v) is 8.38. The molecule has 128 valence electrons. The summed E-state index contributed by atoms with van der Waals surface area (Å²) in [5, 5.41) is 3.28. The van der Waals surface area contributed by atoms with Crippen LogP contribution in [-0.4, -0.2) is 15.5 Å². The molecule has 1 aromatic carbocycles. The normalized spacial score (nSPS) is 10.8. The summed E-state index contributed by atoms with van der Waals surface area (Å²) in [6.07, 6.45) is 2.50. The quantitative estimate of drug-likeness (QED) is 0.791. The van der Waals surface area contributed by atoms with E-state index in [9.17, 15) is 9.59 Å². The van der Waals surface area contributed by atoms with Crippen LogP contribution in [0.1, 0.15) is 35.0 Å². The number of amides is 1. The third kappa shape index (κ3) is 3.45. The standard InChI is InChI=1S/C20H21N3O2/c1-4-10-23-12-17(18(24)16-9-8-14(3)21-19(16)23)20(25)22-15-7-5-6-13(2)11-15/h5-9,11-12H,4,10H2,1-3H3,(H,22,25). The number of carbonyl (C=O) groups excluding carboxylic acids is 1. The highest BCUT2D eigenvalue weighted by Crippen LogP contribution is 2.14. The molecule has 0 aliphatic carbocycles. The number of pyridine rings is 2. The topological polar surface area (TPSA) is 64.0 Å². The number of anilines is 1. The highest BCUT2D eigenvalue weighted by Gasteiger charge is 2.16. The predicted octanol–water partition coefficient (Wildman–Crippen LogP) is 3.68. The summed E-state index contributed by atoms with van der Waals surface area (Å²) in [4.78, 5) is 29.9. The van der Waals surface area contributed by atoms with Gasteiger partial charge in [-0.3, -0.25) is 9.59 Å². The molecular weight excluding hydrogens is 314 g/mol. The van der Waals surface area contributed by atoms with Gasteiger partial charge < -0.3 is 9.88 Å². The second kappa shape index (κ2) is 6.89. The van der Waals surface area contributed by atoms with Crippen molar-refractivity contribution in [2.45, 2.75) is 33.7 Å². The van der Waals surface area contributed by atoms with Crippen LogP contribution >= 0.6 is 0 Å². The third-order valence-corrected chi connectivity index (χ3v) is 4.05.